The van der Waals surface area contributed by atoms with Gasteiger partial charge in [-0.1, -0.05) is 41.4 Å². The van der Waals surface area contributed by atoms with Crippen molar-refractivity contribution in [3.05, 3.63) is 87.4 Å². The monoisotopic (exact) mass is 371 g/mol. The van der Waals surface area contributed by atoms with Crippen LogP contribution in [0.25, 0.3) is 6.08 Å². The van der Waals surface area contributed by atoms with Gasteiger partial charge >= 0.3 is 0 Å². The SMILES string of the molecule is Cc1nn(Cc2ccccc2Cl)c(Cl)c1/C=C/C(=O)c1cccnc1. The van der Waals surface area contributed by atoms with E-state index in [0.717, 1.165) is 11.3 Å². The minimum atomic E-state index is -0.137. The Morgan fingerprint density at radius 1 is 1.20 bits per heavy atom. The molecule has 3 aromatic rings. The second-order valence-electron chi connectivity index (χ2n) is 5.48. The predicted octanol–water partition coefficient (Wildman–Crippen LogP) is 4.84. The van der Waals surface area contributed by atoms with Gasteiger partial charge in [-0.3, -0.25) is 9.78 Å². The number of rotatable bonds is 5. The van der Waals surface area contributed by atoms with Gasteiger partial charge in [-0.05, 0) is 42.8 Å². The predicted molar refractivity (Wildman–Crippen MR) is 100 cm³/mol. The van der Waals surface area contributed by atoms with E-state index >= 15 is 0 Å². The lowest BCUT2D eigenvalue weighted by Crippen LogP contribution is -2.02. The maximum Gasteiger partial charge on any atom is 0.187 e. The Balaban J connectivity index is 1.84. The zero-order valence-corrected chi connectivity index (χ0v) is 15.0. The highest BCUT2D eigenvalue weighted by Crippen LogP contribution is 2.24. The van der Waals surface area contributed by atoms with Crippen LogP contribution >= 0.6 is 23.2 Å². The van der Waals surface area contributed by atoms with Crippen LogP contribution in [0.2, 0.25) is 10.2 Å². The molecule has 0 radical (unpaired) electrons. The first-order valence-corrected chi connectivity index (χ1v) is 8.40. The summed E-state index contributed by atoms with van der Waals surface area (Å²) < 4.78 is 1.67. The molecule has 0 fully saturated rings. The lowest BCUT2D eigenvalue weighted by Gasteiger charge is -2.05. The Morgan fingerprint density at radius 2 is 2.00 bits per heavy atom. The van der Waals surface area contributed by atoms with E-state index in [1.807, 2.05) is 31.2 Å². The van der Waals surface area contributed by atoms with Crippen molar-refractivity contribution in [3.63, 3.8) is 0 Å². The fourth-order valence-electron chi connectivity index (χ4n) is 2.41. The zero-order chi connectivity index (χ0) is 17.8. The number of carbonyl (C=O) groups is 1. The number of carbonyl (C=O) groups excluding carboxylic acids is 1. The lowest BCUT2D eigenvalue weighted by molar-refractivity contribution is 0.104. The minimum Gasteiger partial charge on any atom is -0.289 e. The average molecular weight is 372 g/mol. The van der Waals surface area contributed by atoms with E-state index in [4.69, 9.17) is 23.2 Å². The van der Waals surface area contributed by atoms with E-state index in [0.29, 0.717) is 27.8 Å². The number of benzene rings is 1. The summed E-state index contributed by atoms with van der Waals surface area (Å²) in [5.41, 5.74) is 2.91. The number of hydrogen-bond donors (Lipinski definition) is 0. The molecule has 6 heteroatoms. The van der Waals surface area contributed by atoms with E-state index in [-0.39, 0.29) is 5.78 Å². The van der Waals surface area contributed by atoms with Crippen molar-refractivity contribution in [3.8, 4) is 0 Å². The van der Waals surface area contributed by atoms with Crippen LogP contribution in [0, 0.1) is 6.92 Å². The molecular weight excluding hydrogens is 357 g/mol. The normalized spacial score (nSPS) is 11.2. The lowest BCUT2D eigenvalue weighted by atomic mass is 10.1. The number of hydrogen-bond acceptors (Lipinski definition) is 3. The molecule has 0 atom stereocenters. The Bertz CT molecular complexity index is 933. The fourth-order valence-corrected chi connectivity index (χ4v) is 2.91. The summed E-state index contributed by atoms with van der Waals surface area (Å²) in [4.78, 5) is 16.1. The van der Waals surface area contributed by atoms with Gasteiger partial charge in [-0.25, -0.2) is 4.68 Å². The van der Waals surface area contributed by atoms with Crippen LogP contribution in [0.4, 0.5) is 0 Å². The highest BCUT2D eigenvalue weighted by molar-refractivity contribution is 6.32. The van der Waals surface area contributed by atoms with Crippen molar-refractivity contribution < 1.29 is 4.79 Å². The van der Waals surface area contributed by atoms with Gasteiger partial charge in [0.1, 0.15) is 5.15 Å². The number of allylic oxidation sites excluding steroid dienone is 1. The summed E-state index contributed by atoms with van der Waals surface area (Å²) in [5.74, 6) is -0.137. The van der Waals surface area contributed by atoms with Crippen LogP contribution in [-0.2, 0) is 6.54 Å². The third-order valence-corrected chi connectivity index (χ3v) is 4.50. The summed E-state index contributed by atoms with van der Waals surface area (Å²) >= 11 is 12.6. The van der Waals surface area contributed by atoms with E-state index in [9.17, 15) is 4.79 Å². The molecule has 0 bridgehead atoms. The number of aryl methyl sites for hydroxylation is 1. The van der Waals surface area contributed by atoms with Crippen LogP contribution < -0.4 is 0 Å². The molecule has 4 nitrogen and oxygen atoms in total. The van der Waals surface area contributed by atoms with Gasteiger partial charge in [0.15, 0.2) is 5.78 Å². The largest absolute Gasteiger partial charge is 0.289 e. The molecule has 0 aliphatic carbocycles. The number of ketones is 1. The summed E-state index contributed by atoms with van der Waals surface area (Å²) in [6.45, 7) is 2.31. The number of halogens is 2. The molecule has 0 aliphatic heterocycles. The first-order valence-electron chi connectivity index (χ1n) is 7.65. The van der Waals surface area contributed by atoms with Gasteiger partial charge in [-0.15, -0.1) is 0 Å². The van der Waals surface area contributed by atoms with Crippen molar-refractivity contribution in [2.24, 2.45) is 0 Å². The average Bonchev–Trinajstić information content (AvgIpc) is 2.89. The van der Waals surface area contributed by atoms with Crippen LogP contribution in [-0.4, -0.2) is 20.5 Å². The highest BCUT2D eigenvalue weighted by atomic mass is 35.5. The molecule has 1 aromatic carbocycles. The topological polar surface area (TPSA) is 47.8 Å². The number of nitrogens with zero attached hydrogens (tertiary/aromatic N) is 3. The fraction of sp³-hybridized carbons (Fsp3) is 0.105. The molecule has 2 aromatic heterocycles. The third kappa shape index (κ3) is 3.98. The molecule has 0 amide bonds. The molecule has 0 aliphatic rings. The molecule has 25 heavy (non-hydrogen) atoms. The van der Waals surface area contributed by atoms with E-state index in [1.165, 1.54) is 12.3 Å². The molecule has 0 saturated heterocycles. The first-order chi connectivity index (χ1) is 12.1. The van der Waals surface area contributed by atoms with Gasteiger partial charge in [0.25, 0.3) is 0 Å². The van der Waals surface area contributed by atoms with Gasteiger partial charge in [-0.2, -0.15) is 5.10 Å². The molecule has 0 saturated carbocycles. The van der Waals surface area contributed by atoms with Gasteiger partial charge in [0.2, 0.25) is 0 Å². The molecular formula is C19H15Cl2N3O. The first kappa shape index (κ1) is 17.4. The summed E-state index contributed by atoms with van der Waals surface area (Å²) in [7, 11) is 0. The van der Waals surface area contributed by atoms with Crippen molar-refractivity contribution in [1.82, 2.24) is 14.8 Å². The zero-order valence-electron chi connectivity index (χ0n) is 13.5. The van der Waals surface area contributed by atoms with E-state index in [2.05, 4.69) is 10.1 Å². The van der Waals surface area contributed by atoms with Crippen molar-refractivity contribution in [2.75, 3.05) is 0 Å². The third-order valence-electron chi connectivity index (χ3n) is 3.73. The second kappa shape index (κ2) is 7.64. The van der Waals surface area contributed by atoms with Crippen molar-refractivity contribution in [2.45, 2.75) is 13.5 Å². The van der Waals surface area contributed by atoms with E-state index < -0.39 is 0 Å². The molecule has 0 unspecified atom stereocenters. The smallest absolute Gasteiger partial charge is 0.187 e. The Kier molecular flexibility index (Phi) is 5.31. The van der Waals surface area contributed by atoms with Crippen LogP contribution in [0.1, 0.15) is 27.2 Å². The van der Waals surface area contributed by atoms with Gasteiger partial charge in [0, 0.05) is 28.5 Å². The molecule has 2 heterocycles. The highest BCUT2D eigenvalue weighted by Gasteiger charge is 2.13. The maximum absolute atomic E-state index is 12.2. The quantitative estimate of drug-likeness (QED) is 0.476. The molecule has 0 spiro atoms. The van der Waals surface area contributed by atoms with Crippen molar-refractivity contribution in [1.29, 1.82) is 0 Å². The van der Waals surface area contributed by atoms with Gasteiger partial charge in [0.05, 0.1) is 12.2 Å². The summed E-state index contributed by atoms with van der Waals surface area (Å²) in [6.07, 6.45) is 6.32. The summed E-state index contributed by atoms with van der Waals surface area (Å²) in [5, 5.41) is 5.58. The summed E-state index contributed by atoms with van der Waals surface area (Å²) in [6, 6.07) is 11.0. The van der Waals surface area contributed by atoms with Crippen LogP contribution in [0.15, 0.2) is 54.9 Å². The van der Waals surface area contributed by atoms with Crippen LogP contribution in [0.5, 0.6) is 0 Å². The molecule has 0 N–H and O–H groups in total. The van der Waals surface area contributed by atoms with Crippen molar-refractivity contribution >= 4 is 35.1 Å². The second-order valence-corrected chi connectivity index (χ2v) is 6.24. The Hall–Kier alpha value is -2.43. The molecule has 126 valence electrons. The standard InChI is InChI=1S/C19H15Cl2N3O/c1-13-16(8-9-18(25)14-6-4-10-22-11-14)19(21)24(23-13)12-15-5-2-3-7-17(15)20/h2-11H,12H2,1H3/b9-8+. The number of pyridine rings is 1. The Morgan fingerprint density at radius 3 is 2.72 bits per heavy atom. The maximum atomic E-state index is 12.2. The Labute approximate surface area is 155 Å². The van der Waals surface area contributed by atoms with Gasteiger partial charge < -0.3 is 0 Å². The number of aromatic nitrogens is 3. The minimum absolute atomic E-state index is 0.137. The van der Waals surface area contributed by atoms with Crippen LogP contribution in [0.3, 0.4) is 0 Å². The van der Waals surface area contributed by atoms with E-state index in [1.54, 1.807) is 29.1 Å². The molecule has 3 rings (SSSR count).